The van der Waals surface area contributed by atoms with Crippen LogP contribution in [0.2, 0.25) is 5.02 Å². The summed E-state index contributed by atoms with van der Waals surface area (Å²) in [5, 5.41) is 3.42. The number of carbonyl (C=O) groups excluding carboxylic acids is 2. The molecule has 1 aromatic heterocycles. The Bertz CT molecular complexity index is 2590. The molecule has 62 heavy (non-hydrogen) atoms. The molecular weight excluding hydrogens is 842 g/mol. The minimum atomic E-state index is -3.63. The molecule has 0 aliphatic rings. The Hall–Kier alpha value is -4.82. The fourth-order valence-electron chi connectivity index (χ4n) is 7.67. The largest absolute Gasteiger partial charge is 0.370 e. The summed E-state index contributed by atoms with van der Waals surface area (Å²) in [5.74, 6) is -1.44. The number of unbranched alkanes of at least 4 members (excludes halogenated alkanes) is 9. The molecule has 1 heterocycles. The van der Waals surface area contributed by atoms with E-state index in [2.05, 4.69) is 17.0 Å². The summed E-state index contributed by atoms with van der Waals surface area (Å²) in [7, 11) is -5.11. The molecule has 14 heteroatoms. The molecule has 332 valence electrons. The zero-order chi connectivity index (χ0) is 44.9. The second-order valence-corrected chi connectivity index (χ2v) is 20.1. The number of carbonyl (C=O) groups is 2. The summed E-state index contributed by atoms with van der Waals surface area (Å²) in [6.45, 7) is 7.23. The van der Waals surface area contributed by atoms with Crippen LogP contribution in [0, 0.1) is 6.92 Å². The number of benzene rings is 4. The van der Waals surface area contributed by atoms with Gasteiger partial charge in [-0.1, -0.05) is 125 Å². The van der Waals surface area contributed by atoms with Gasteiger partial charge in [-0.25, -0.2) is 26.6 Å². The molecule has 0 atom stereocenters. The van der Waals surface area contributed by atoms with Crippen LogP contribution < -0.4 is 14.9 Å². The first-order valence-electron chi connectivity index (χ1n) is 21.5. The Morgan fingerprint density at radius 1 is 0.790 bits per heavy atom. The Morgan fingerprint density at radius 2 is 1.44 bits per heavy atom. The summed E-state index contributed by atoms with van der Waals surface area (Å²) in [6, 6.07) is 26.6. The van der Waals surface area contributed by atoms with Gasteiger partial charge < -0.3 is 14.8 Å². The van der Waals surface area contributed by atoms with Crippen LogP contribution in [0.25, 0.3) is 22.2 Å². The maximum Gasteiger partial charge on any atom is 0.278 e. The summed E-state index contributed by atoms with van der Waals surface area (Å²) in [4.78, 5) is 36.4. The molecule has 5 rings (SSSR count). The first-order valence-corrected chi connectivity index (χ1v) is 25.5. The number of rotatable bonds is 24. The highest BCUT2D eigenvalue weighted by molar-refractivity contribution is 7.91. The van der Waals surface area contributed by atoms with Crippen LogP contribution >= 0.6 is 11.6 Å². The molecule has 0 aliphatic heterocycles. The van der Waals surface area contributed by atoms with Crippen LogP contribution in [-0.2, 0) is 31.7 Å². The molecule has 0 spiro atoms. The maximum absolute atomic E-state index is 15.1. The van der Waals surface area contributed by atoms with Gasteiger partial charge in [0.25, 0.3) is 5.91 Å². The Labute approximate surface area is 372 Å². The fraction of sp³-hybridized carbons (Fsp3) is 0.396. The molecule has 0 unspecified atom stereocenters. The van der Waals surface area contributed by atoms with Gasteiger partial charge in [0, 0.05) is 43.3 Å². The van der Waals surface area contributed by atoms with Crippen molar-refractivity contribution in [3.63, 3.8) is 0 Å². The fourth-order valence-corrected chi connectivity index (χ4v) is 9.81. The van der Waals surface area contributed by atoms with Gasteiger partial charge in [-0.2, -0.15) is 0 Å². The Morgan fingerprint density at radius 3 is 2.06 bits per heavy atom. The van der Waals surface area contributed by atoms with Crippen LogP contribution in [0.3, 0.4) is 0 Å². The number of nitrogens with one attached hydrogen (secondary N) is 2. The number of fused-ring (bicyclic) bond motifs is 1. The van der Waals surface area contributed by atoms with Crippen molar-refractivity contribution in [3.8, 4) is 11.3 Å². The molecule has 1 amide bonds. The van der Waals surface area contributed by atoms with Crippen molar-refractivity contribution in [3.05, 3.63) is 107 Å². The van der Waals surface area contributed by atoms with E-state index >= 15 is 4.79 Å². The van der Waals surface area contributed by atoms with E-state index in [1.165, 1.54) is 56.7 Å². The number of sulfonamides is 1. The highest BCUT2D eigenvalue weighted by Crippen LogP contribution is 2.35. The third-order valence-corrected chi connectivity index (χ3v) is 13.9. The number of para-hydroxylation sites is 1. The van der Waals surface area contributed by atoms with Gasteiger partial charge in [-0.05, 0) is 73.9 Å². The topological polar surface area (TPSA) is 147 Å². The number of Topliss-reactive ketones (excluding diaryl/α,β-unsaturated/α-hetero) is 1. The lowest BCUT2D eigenvalue weighted by Crippen LogP contribution is -2.34. The van der Waals surface area contributed by atoms with E-state index in [0.717, 1.165) is 42.3 Å². The predicted octanol–water partition coefficient (Wildman–Crippen LogP) is 10.5. The molecule has 11 nitrogen and oxygen atoms in total. The van der Waals surface area contributed by atoms with Crippen molar-refractivity contribution in [1.29, 1.82) is 0 Å². The van der Waals surface area contributed by atoms with Crippen LogP contribution in [0.1, 0.15) is 94.0 Å². The molecule has 5 aromatic rings. The van der Waals surface area contributed by atoms with Crippen LogP contribution in [0.5, 0.6) is 0 Å². The van der Waals surface area contributed by atoms with Crippen molar-refractivity contribution in [2.24, 2.45) is 12.0 Å². The summed E-state index contributed by atoms with van der Waals surface area (Å²) in [5.41, 5.74) is 4.07. The van der Waals surface area contributed by atoms with Crippen LogP contribution in [0.4, 0.5) is 17.1 Å². The molecular formula is C48H60ClN5O6S2. The number of aliphatic imine (C=N–C) groups is 1. The SMILES string of the molecule is CCCCCCCCCCCCS(=O)(=O)c1ccc(NC(=O)C(=Nc2ccc(N(CC)CCNS(C)(=O)=O)cc2C)C(=O)c2c(-c3ccccc3)n(C)c3ccccc23)c(Cl)c1. The number of hydrogen-bond donors (Lipinski definition) is 2. The number of anilines is 2. The van der Waals surface area contributed by atoms with E-state index in [9.17, 15) is 21.6 Å². The third kappa shape index (κ3) is 12.9. The molecule has 0 aliphatic carbocycles. The molecule has 0 fully saturated rings. The normalized spacial score (nSPS) is 12.2. The maximum atomic E-state index is 15.1. The van der Waals surface area contributed by atoms with E-state index in [4.69, 9.17) is 16.6 Å². The average Bonchev–Trinajstić information content (AvgIpc) is 3.54. The number of aryl methyl sites for hydroxylation is 2. The van der Waals surface area contributed by atoms with Crippen LogP contribution in [0.15, 0.2) is 101 Å². The number of sulfone groups is 1. The van der Waals surface area contributed by atoms with Crippen molar-refractivity contribution in [2.45, 2.75) is 89.9 Å². The lowest BCUT2D eigenvalue weighted by molar-refractivity contribution is -0.110. The zero-order valence-corrected chi connectivity index (χ0v) is 38.9. The zero-order valence-electron chi connectivity index (χ0n) is 36.5. The van der Waals surface area contributed by atoms with Crippen molar-refractivity contribution in [2.75, 3.05) is 41.9 Å². The highest BCUT2D eigenvalue weighted by atomic mass is 35.5. The smallest absolute Gasteiger partial charge is 0.278 e. The lowest BCUT2D eigenvalue weighted by atomic mass is 9.98. The second-order valence-electron chi connectivity index (χ2n) is 15.8. The third-order valence-electron chi connectivity index (χ3n) is 11.0. The minimum absolute atomic E-state index is 0.00266. The van der Waals surface area contributed by atoms with Gasteiger partial charge in [0.05, 0.1) is 44.6 Å². The minimum Gasteiger partial charge on any atom is -0.370 e. The quantitative estimate of drug-likeness (QED) is 0.0271. The molecule has 0 bridgehead atoms. The predicted molar refractivity (Wildman–Crippen MR) is 256 cm³/mol. The van der Waals surface area contributed by atoms with Crippen molar-refractivity contribution >= 4 is 76.8 Å². The van der Waals surface area contributed by atoms with Gasteiger partial charge >= 0.3 is 0 Å². The monoisotopic (exact) mass is 901 g/mol. The second kappa shape index (κ2) is 22.5. The molecule has 0 radical (unpaired) electrons. The number of likely N-dealkylation sites (N-methyl/N-ethyl adjacent to an activating group) is 1. The van der Waals surface area contributed by atoms with Crippen molar-refractivity contribution in [1.82, 2.24) is 9.29 Å². The number of hydrogen-bond acceptors (Lipinski definition) is 8. The Kier molecular flexibility index (Phi) is 17.5. The molecule has 0 saturated carbocycles. The van der Waals surface area contributed by atoms with Gasteiger partial charge in [-0.3, -0.25) is 9.59 Å². The molecule has 4 aromatic carbocycles. The van der Waals surface area contributed by atoms with Gasteiger partial charge in [-0.15, -0.1) is 0 Å². The van der Waals surface area contributed by atoms with Gasteiger partial charge in [0.2, 0.25) is 15.8 Å². The van der Waals surface area contributed by atoms with Crippen LogP contribution in [-0.4, -0.2) is 70.4 Å². The molecule has 0 saturated heterocycles. The van der Waals surface area contributed by atoms with E-state index < -0.39 is 37.3 Å². The number of nitrogens with zero attached hydrogens (tertiary/aromatic N) is 3. The average molecular weight is 903 g/mol. The Balaban J connectivity index is 1.44. The summed E-state index contributed by atoms with van der Waals surface area (Å²) in [6.07, 6.45) is 12.0. The number of halogens is 1. The van der Waals surface area contributed by atoms with E-state index in [0.29, 0.717) is 47.4 Å². The van der Waals surface area contributed by atoms with Gasteiger partial charge in [0.1, 0.15) is 0 Å². The highest BCUT2D eigenvalue weighted by Gasteiger charge is 2.30. The van der Waals surface area contributed by atoms with E-state index in [1.54, 1.807) is 6.07 Å². The first-order chi connectivity index (χ1) is 29.6. The van der Waals surface area contributed by atoms with E-state index in [-0.39, 0.29) is 27.9 Å². The van der Waals surface area contributed by atoms with E-state index in [1.807, 2.05) is 97.1 Å². The van der Waals surface area contributed by atoms with Crippen molar-refractivity contribution < 1.29 is 26.4 Å². The molecule has 2 N–H and O–H groups in total. The summed E-state index contributed by atoms with van der Waals surface area (Å²) >= 11 is 6.69. The number of ketones is 1. The number of amides is 1. The lowest BCUT2D eigenvalue weighted by Gasteiger charge is -2.24. The first kappa shape index (κ1) is 48.2. The standard InChI is InChI=1S/C48H60ClN5O6S2/c1-6-8-9-10-11-12-13-14-15-21-32-62(59,60)38-27-29-42(40(49)34-38)52-48(56)45(51-41-28-26-37(33-35(41)3)54(7-2)31-30-50-61(5,57)58)47(55)44-39-24-19-20-25-43(39)53(4)46(44)36-22-17-16-18-23-36/h16-20,22-29,33-34,50H,6-15,21,30-32H2,1-5H3,(H,52,56). The van der Waals surface area contributed by atoms with Gasteiger partial charge in [0.15, 0.2) is 15.5 Å². The number of aromatic nitrogens is 1. The summed E-state index contributed by atoms with van der Waals surface area (Å²) < 4.78 is 54.5.